The molecule has 0 aromatic carbocycles. The van der Waals surface area contributed by atoms with E-state index in [9.17, 15) is 5.11 Å². The van der Waals surface area contributed by atoms with Crippen molar-refractivity contribution in [2.45, 2.75) is 38.8 Å². The van der Waals surface area contributed by atoms with Crippen LogP contribution in [-0.4, -0.2) is 40.8 Å². The van der Waals surface area contributed by atoms with E-state index in [-0.39, 0.29) is 0 Å². The molecule has 0 aliphatic carbocycles. The van der Waals surface area contributed by atoms with Crippen LogP contribution in [0.2, 0.25) is 0 Å². The van der Waals surface area contributed by atoms with Crippen LogP contribution in [0.25, 0.3) is 0 Å². The van der Waals surface area contributed by atoms with Crippen molar-refractivity contribution >= 4 is 0 Å². The molecule has 1 aromatic heterocycles. The summed E-state index contributed by atoms with van der Waals surface area (Å²) < 4.78 is 5.26. The number of rotatable bonds is 3. The minimum Gasteiger partial charge on any atom is -0.497 e. The van der Waals surface area contributed by atoms with E-state index in [2.05, 4.69) is 9.88 Å². The van der Waals surface area contributed by atoms with Crippen molar-refractivity contribution in [2.24, 2.45) is 0 Å². The Morgan fingerprint density at radius 3 is 2.67 bits per heavy atom. The van der Waals surface area contributed by atoms with Gasteiger partial charge in [0, 0.05) is 37.5 Å². The highest BCUT2D eigenvalue weighted by Gasteiger charge is 2.27. The lowest BCUT2D eigenvalue weighted by molar-refractivity contribution is -0.00760. The summed E-state index contributed by atoms with van der Waals surface area (Å²) >= 11 is 0. The molecule has 4 nitrogen and oxygen atoms in total. The number of aliphatic hydroxyl groups is 1. The fourth-order valence-corrected chi connectivity index (χ4v) is 2.32. The highest BCUT2D eigenvalue weighted by atomic mass is 16.5. The van der Waals surface area contributed by atoms with Crippen LogP contribution < -0.4 is 4.74 Å². The number of methoxy groups -OCH3 is 1. The number of hydrogen-bond acceptors (Lipinski definition) is 4. The van der Waals surface area contributed by atoms with Gasteiger partial charge in [0.25, 0.3) is 0 Å². The van der Waals surface area contributed by atoms with Gasteiger partial charge in [-0.1, -0.05) is 0 Å². The zero-order valence-corrected chi connectivity index (χ0v) is 11.4. The van der Waals surface area contributed by atoms with Crippen molar-refractivity contribution < 1.29 is 9.84 Å². The average Bonchev–Trinajstić information content (AvgIpc) is 2.31. The SMILES string of the molecule is COc1cc(C)nc(CN2CCC(C)(O)CC2)c1. The first-order valence-corrected chi connectivity index (χ1v) is 6.45. The van der Waals surface area contributed by atoms with Crippen molar-refractivity contribution in [2.75, 3.05) is 20.2 Å². The normalized spacial score (nSPS) is 19.8. The molecule has 0 saturated carbocycles. The maximum absolute atomic E-state index is 9.92. The van der Waals surface area contributed by atoms with Crippen LogP contribution in [0.1, 0.15) is 31.2 Å². The molecule has 100 valence electrons. The van der Waals surface area contributed by atoms with Crippen LogP contribution in [0.15, 0.2) is 12.1 Å². The molecule has 1 fully saturated rings. The van der Waals surface area contributed by atoms with Gasteiger partial charge < -0.3 is 9.84 Å². The number of piperidine rings is 1. The fraction of sp³-hybridized carbons (Fsp3) is 0.643. The third kappa shape index (κ3) is 3.43. The molecule has 1 N–H and O–H groups in total. The maximum atomic E-state index is 9.92. The molecule has 1 saturated heterocycles. The van der Waals surface area contributed by atoms with Crippen molar-refractivity contribution in [3.05, 3.63) is 23.5 Å². The third-order valence-corrected chi connectivity index (χ3v) is 3.53. The molecule has 1 aliphatic rings. The number of nitrogens with zero attached hydrogens (tertiary/aromatic N) is 2. The second-order valence-electron chi connectivity index (χ2n) is 5.41. The molecule has 18 heavy (non-hydrogen) atoms. The predicted molar refractivity (Wildman–Crippen MR) is 70.7 cm³/mol. The highest BCUT2D eigenvalue weighted by Crippen LogP contribution is 2.23. The molecule has 0 unspecified atom stereocenters. The van der Waals surface area contributed by atoms with E-state index in [0.717, 1.165) is 49.6 Å². The first-order chi connectivity index (χ1) is 8.48. The summed E-state index contributed by atoms with van der Waals surface area (Å²) in [4.78, 5) is 6.86. The summed E-state index contributed by atoms with van der Waals surface area (Å²) in [5.41, 5.74) is 1.52. The molecule has 0 atom stereocenters. The predicted octanol–water partition coefficient (Wildman–Crippen LogP) is 1.75. The number of ether oxygens (including phenoxy) is 1. The number of aromatic nitrogens is 1. The Morgan fingerprint density at radius 1 is 1.39 bits per heavy atom. The van der Waals surface area contributed by atoms with Gasteiger partial charge in [0.2, 0.25) is 0 Å². The van der Waals surface area contributed by atoms with Crippen molar-refractivity contribution in [3.63, 3.8) is 0 Å². The van der Waals surface area contributed by atoms with Gasteiger partial charge in [-0.3, -0.25) is 9.88 Å². The largest absolute Gasteiger partial charge is 0.497 e. The zero-order valence-electron chi connectivity index (χ0n) is 11.4. The first kappa shape index (κ1) is 13.3. The molecule has 0 spiro atoms. The van der Waals surface area contributed by atoms with Crippen molar-refractivity contribution in [1.82, 2.24) is 9.88 Å². The molecule has 0 bridgehead atoms. The van der Waals surface area contributed by atoms with E-state index in [4.69, 9.17) is 4.74 Å². The van der Waals surface area contributed by atoms with Gasteiger partial charge in [-0.2, -0.15) is 0 Å². The molecule has 4 heteroatoms. The van der Waals surface area contributed by atoms with Gasteiger partial charge in [-0.05, 0) is 26.7 Å². The second-order valence-corrected chi connectivity index (χ2v) is 5.41. The number of hydrogen-bond donors (Lipinski definition) is 1. The van der Waals surface area contributed by atoms with Gasteiger partial charge in [0.1, 0.15) is 5.75 Å². The van der Waals surface area contributed by atoms with E-state index in [1.54, 1.807) is 7.11 Å². The Balaban J connectivity index is 2.00. The Morgan fingerprint density at radius 2 is 2.06 bits per heavy atom. The monoisotopic (exact) mass is 250 g/mol. The molecule has 1 aliphatic heterocycles. The van der Waals surface area contributed by atoms with Crippen molar-refractivity contribution in [3.8, 4) is 5.75 Å². The Bertz CT molecular complexity index is 408. The maximum Gasteiger partial charge on any atom is 0.122 e. The Labute approximate surface area is 109 Å². The molecule has 0 amide bonds. The van der Waals surface area contributed by atoms with E-state index in [1.165, 1.54) is 0 Å². The standard InChI is InChI=1S/C14H22N2O2/c1-11-8-13(18-3)9-12(15-11)10-16-6-4-14(2,17)5-7-16/h8-9,17H,4-7,10H2,1-3H3. The van der Waals surface area contributed by atoms with Crippen LogP contribution in [0.3, 0.4) is 0 Å². The molecular weight excluding hydrogens is 228 g/mol. The minimum atomic E-state index is -0.492. The zero-order chi connectivity index (χ0) is 13.2. The number of pyridine rings is 1. The summed E-state index contributed by atoms with van der Waals surface area (Å²) in [6.07, 6.45) is 1.66. The van der Waals surface area contributed by atoms with Crippen LogP contribution in [0.5, 0.6) is 5.75 Å². The molecule has 2 heterocycles. The van der Waals surface area contributed by atoms with E-state index >= 15 is 0 Å². The lowest BCUT2D eigenvalue weighted by atomic mass is 9.94. The average molecular weight is 250 g/mol. The lowest BCUT2D eigenvalue weighted by Crippen LogP contribution is -2.42. The summed E-state index contributed by atoms with van der Waals surface area (Å²) in [5.74, 6) is 0.863. The highest BCUT2D eigenvalue weighted by molar-refractivity contribution is 5.26. The van der Waals surface area contributed by atoms with Crippen LogP contribution >= 0.6 is 0 Å². The Kier molecular flexibility index (Phi) is 3.88. The van der Waals surface area contributed by atoms with Crippen LogP contribution in [-0.2, 0) is 6.54 Å². The summed E-state index contributed by atoms with van der Waals surface area (Å²) in [6, 6.07) is 3.92. The molecular formula is C14H22N2O2. The summed E-state index contributed by atoms with van der Waals surface area (Å²) in [7, 11) is 1.68. The van der Waals surface area contributed by atoms with Gasteiger partial charge >= 0.3 is 0 Å². The van der Waals surface area contributed by atoms with E-state index in [0.29, 0.717) is 0 Å². The summed E-state index contributed by atoms with van der Waals surface area (Å²) in [5, 5.41) is 9.92. The minimum absolute atomic E-state index is 0.492. The topological polar surface area (TPSA) is 45.6 Å². The summed E-state index contributed by atoms with van der Waals surface area (Å²) in [6.45, 7) is 6.56. The second kappa shape index (κ2) is 5.24. The van der Waals surface area contributed by atoms with Crippen molar-refractivity contribution in [1.29, 1.82) is 0 Å². The fourth-order valence-electron chi connectivity index (χ4n) is 2.32. The van der Waals surface area contributed by atoms with Crippen LogP contribution in [0.4, 0.5) is 0 Å². The van der Waals surface area contributed by atoms with Crippen LogP contribution in [0, 0.1) is 6.92 Å². The third-order valence-electron chi connectivity index (χ3n) is 3.53. The number of aryl methyl sites for hydroxylation is 1. The molecule has 2 rings (SSSR count). The van der Waals surface area contributed by atoms with Gasteiger partial charge in [-0.15, -0.1) is 0 Å². The molecule has 1 aromatic rings. The van der Waals surface area contributed by atoms with Gasteiger partial charge in [0.05, 0.1) is 18.4 Å². The van der Waals surface area contributed by atoms with E-state index in [1.807, 2.05) is 26.0 Å². The smallest absolute Gasteiger partial charge is 0.122 e. The van der Waals surface area contributed by atoms with Gasteiger partial charge in [-0.25, -0.2) is 0 Å². The lowest BCUT2D eigenvalue weighted by Gasteiger charge is -2.35. The Hall–Kier alpha value is -1.13. The molecule has 0 radical (unpaired) electrons. The quantitative estimate of drug-likeness (QED) is 0.887. The van der Waals surface area contributed by atoms with Gasteiger partial charge in [0.15, 0.2) is 0 Å². The van der Waals surface area contributed by atoms with E-state index < -0.39 is 5.60 Å². The number of likely N-dealkylation sites (tertiary alicyclic amines) is 1. The first-order valence-electron chi connectivity index (χ1n) is 6.45.